The number of nitrogens with one attached hydrogen (secondary N) is 1. The minimum absolute atomic E-state index is 0.143. The zero-order valence-electron chi connectivity index (χ0n) is 12.9. The molecule has 0 aliphatic carbocycles. The van der Waals surface area contributed by atoms with Crippen LogP contribution in [0.1, 0.15) is 37.5 Å². The lowest BCUT2D eigenvalue weighted by Gasteiger charge is -2.19. The van der Waals surface area contributed by atoms with Crippen LogP contribution in [-0.4, -0.2) is 9.97 Å². The molecule has 0 fully saturated rings. The minimum Gasteiger partial charge on any atom is -0.389 e. The number of pyridine rings is 1. The molecule has 1 aromatic carbocycles. The van der Waals surface area contributed by atoms with E-state index in [0.29, 0.717) is 10.8 Å². The number of benzene rings is 1. The van der Waals surface area contributed by atoms with Crippen LogP contribution in [0.25, 0.3) is 0 Å². The van der Waals surface area contributed by atoms with E-state index in [0.717, 1.165) is 16.8 Å². The van der Waals surface area contributed by atoms with E-state index in [2.05, 4.69) is 43.2 Å². The van der Waals surface area contributed by atoms with E-state index in [9.17, 15) is 0 Å². The van der Waals surface area contributed by atoms with Crippen molar-refractivity contribution in [3.8, 4) is 0 Å². The van der Waals surface area contributed by atoms with Crippen molar-refractivity contribution < 1.29 is 0 Å². The van der Waals surface area contributed by atoms with Gasteiger partial charge in [-0.15, -0.1) is 0 Å². The molecule has 0 bridgehead atoms. The number of thiocarbonyl (C=S) groups is 1. The molecule has 4 heteroatoms. The van der Waals surface area contributed by atoms with Gasteiger partial charge in [-0.25, -0.2) is 4.98 Å². The molecular weight excluding hydrogens is 278 g/mol. The summed E-state index contributed by atoms with van der Waals surface area (Å²) in [5, 5.41) is 3.29. The van der Waals surface area contributed by atoms with Gasteiger partial charge in [-0.3, -0.25) is 0 Å². The third kappa shape index (κ3) is 3.58. The summed E-state index contributed by atoms with van der Waals surface area (Å²) in [7, 11) is 0. The number of rotatable bonds is 3. The third-order valence-electron chi connectivity index (χ3n) is 3.42. The highest BCUT2D eigenvalue weighted by Crippen LogP contribution is 2.26. The molecule has 21 heavy (non-hydrogen) atoms. The van der Waals surface area contributed by atoms with Crippen molar-refractivity contribution in [3.63, 3.8) is 0 Å². The van der Waals surface area contributed by atoms with Gasteiger partial charge in [-0.1, -0.05) is 45.1 Å². The van der Waals surface area contributed by atoms with E-state index in [1.165, 1.54) is 5.56 Å². The number of hydrogen-bond acceptors (Lipinski definition) is 3. The predicted molar refractivity (Wildman–Crippen MR) is 93.3 cm³/mol. The van der Waals surface area contributed by atoms with Crippen LogP contribution in [0, 0.1) is 6.92 Å². The normalized spacial score (nSPS) is 11.2. The van der Waals surface area contributed by atoms with Crippen LogP contribution < -0.4 is 11.1 Å². The Labute approximate surface area is 131 Å². The quantitative estimate of drug-likeness (QED) is 0.839. The highest BCUT2D eigenvalue weighted by molar-refractivity contribution is 7.80. The first-order valence-electron chi connectivity index (χ1n) is 6.92. The van der Waals surface area contributed by atoms with E-state index in [4.69, 9.17) is 18.0 Å². The number of nitrogens with two attached hydrogens (primary N) is 1. The summed E-state index contributed by atoms with van der Waals surface area (Å²) in [5.74, 6) is 0.700. The van der Waals surface area contributed by atoms with Gasteiger partial charge in [0.05, 0.1) is 5.56 Å². The van der Waals surface area contributed by atoms with Crippen LogP contribution in [0.4, 0.5) is 11.5 Å². The molecule has 0 aliphatic heterocycles. The van der Waals surface area contributed by atoms with Crippen LogP contribution in [0.2, 0.25) is 0 Å². The maximum atomic E-state index is 5.80. The van der Waals surface area contributed by atoms with Crippen molar-refractivity contribution in [2.24, 2.45) is 5.73 Å². The number of anilines is 2. The standard InChI is InChI=1S/C17H21N3S/c1-11-9-10-19-16(14(11)15(18)21)20-13-7-5-12(6-8-13)17(2,3)4/h5-10H,1-4H3,(H2,18,21)(H,19,20). The SMILES string of the molecule is Cc1ccnc(Nc2ccc(C(C)(C)C)cc2)c1C(N)=S. The third-order valence-corrected chi connectivity index (χ3v) is 3.62. The van der Waals surface area contributed by atoms with Crippen molar-refractivity contribution in [2.45, 2.75) is 33.1 Å². The lowest BCUT2D eigenvalue weighted by molar-refractivity contribution is 0.590. The molecule has 1 aromatic heterocycles. The summed E-state index contributed by atoms with van der Waals surface area (Å²) >= 11 is 5.12. The van der Waals surface area contributed by atoms with Gasteiger partial charge in [0.15, 0.2) is 0 Å². The van der Waals surface area contributed by atoms with Crippen molar-refractivity contribution >= 4 is 28.7 Å². The molecule has 0 radical (unpaired) electrons. The van der Waals surface area contributed by atoms with Gasteiger partial charge in [0, 0.05) is 11.9 Å². The van der Waals surface area contributed by atoms with E-state index >= 15 is 0 Å². The molecular formula is C17H21N3S. The average Bonchev–Trinajstić information content (AvgIpc) is 2.38. The Morgan fingerprint density at radius 2 is 1.76 bits per heavy atom. The number of hydrogen-bond donors (Lipinski definition) is 2. The highest BCUT2D eigenvalue weighted by atomic mass is 32.1. The zero-order chi connectivity index (χ0) is 15.6. The van der Waals surface area contributed by atoms with E-state index in [1.54, 1.807) is 6.20 Å². The Morgan fingerprint density at radius 1 is 1.14 bits per heavy atom. The summed E-state index contributed by atoms with van der Waals surface area (Å²) in [4.78, 5) is 4.70. The molecule has 0 atom stereocenters. The maximum absolute atomic E-state index is 5.80. The molecule has 0 amide bonds. The van der Waals surface area contributed by atoms with Crippen LogP contribution in [0.5, 0.6) is 0 Å². The van der Waals surface area contributed by atoms with E-state index in [-0.39, 0.29) is 5.41 Å². The molecule has 0 saturated heterocycles. The van der Waals surface area contributed by atoms with Gasteiger partial charge in [0.25, 0.3) is 0 Å². The van der Waals surface area contributed by atoms with Gasteiger partial charge in [0.2, 0.25) is 0 Å². The van der Waals surface area contributed by atoms with Crippen molar-refractivity contribution in [2.75, 3.05) is 5.32 Å². The number of aryl methyl sites for hydroxylation is 1. The summed E-state index contributed by atoms with van der Waals surface area (Å²) in [6.45, 7) is 8.57. The highest BCUT2D eigenvalue weighted by Gasteiger charge is 2.14. The molecule has 3 nitrogen and oxygen atoms in total. The molecule has 0 aliphatic rings. The fourth-order valence-electron chi connectivity index (χ4n) is 2.15. The monoisotopic (exact) mass is 299 g/mol. The molecule has 2 rings (SSSR count). The molecule has 0 unspecified atom stereocenters. The summed E-state index contributed by atoms with van der Waals surface area (Å²) in [6.07, 6.45) is 1.75. The van der Waals surface area contributed by atoms with Gasteiger partial charge in [-0.05, 0) is 41.7 Å². The second kappa shape index (κ2) is 5.82. The lowest BCUT2D eigenvalue weighted by atomic mass is 9.87. The van der Waals surface area contributed by atoms with Crippen LogP contribution >= 0.6 is 12.2 Å². The minimum atomic E-state index is 0.143. The van der Waals surface area contributed by atoms with Gasteiger partial charge >= 0.3 is 0 Å². The Morgan fingerprint density at radius 3 is 2.29 bits per heavy atom. The zero-order valence-corrected chi connectivity index (χ0v) is 13.7. The van der Waals surface area contributed by atoms with Gasteiger partial charge in [0.1, 0.15) is 10.8 Å². The molecule has 0 spiro atoms. The molecule has 3 N–H and O–H groups in total. The van der Waals surface area contributed by atoms with Crippen molar-refractivity contribution in [1.29, 1.82) is 0 Å². The predicted octanol–water partition coefficient (Wildman–Crippen LogP) is 4.07. The molecule has 1 heterocycles. The molecule has 110 valence electrons. The maximum Gasteiger partial charge on any atom is 0.140 e. The summed E-state index contributed by atoms with van der Waals surface area (Å²) < 4.78 is 0. The second-order valence-electron chi connectivity index (χ2n) is 6.17. The fraction of sp³-hybridized carbons (Fsp3) is 0.294. The first kappa shape index (κ1) is 15.4. The lowest BCUT2D eigenvalue weighted by Crippen LogP contribution is -2.15. The largest absolute Gasteiger partial charge is 0.389 e. The smallest absolute Gasteiger partial charge is 0.140 e. The number of nitrogens with zero attached hydrogens (tertiary/aromatic N) is 1. The van der Waals surface area contributed by atoms with E-state index in [1.807, 2.05) is 25.1 Å². The fourth-order valence-corrected chi connectivity index (χ4v) is 2.41. The van der Waals surface area contributed by atoms with Gasteiger partial charge in [-0.2, -0.15) is 0 Å². The average molecular weight is 299 g/mol. The Hall–Kier alpha value is -1.94. The Kier molecular flexibility index (Phi) is 4.28. The first-order chi connectivity index (χ1) is 9.79. The number of aromatic nitrogens is 1. The van der Waals surface area contributed by atoms with Crippen LogP contribution in [0.15, 0.2) is 36.5 Å². The van der Waals surface area contributed by atoms with Crippen molar-refractivity contribution in [3.05, 3.63) is 53.2 Å². The van der Waals surface area contributed by atoms with Crippen LogP contribution in [0.3, 0.4) is 0 Å². The summed E-state index contributed by atoms with van der Waals surface area (Å²) in [5.41, 5.74) is 10.0. The summed E-state index contributed by atoms with van der Waals surface area (Å²) in [6, 6.07) is 10.3. The van der Waals surface area contributed by atoms with Crippen LogP contribution in [-0.2, 0) is 5.41 Å². The molecule has 0 saturated carbocycles. The molecule has 2 aromatic rings. The topological polar surface area (TPSA) is 50.9 Å². The van der Waals surface area contributed by atoms with Gasteiger partial charge < -0.3 is 11.1 Å². The Balaban J connectivity index is 2.31. The van der Waals surface area contributed by atoms with E-state index < -0.39 is 0 Å². The Bertz CT molecular complexity index is 655. The van der Waals surface area contributed by atoms with Crippen molar-refractivity contribution in [1.82, 2.24) is 4.98 Å². The second-order valence-corrected chi connectivity index (χ2v) is 6.61. The first-order valence-corrected chi connectivity index (χ1v) is 7.33.